The van der Waals surface area contributed by atoms with Crippen LogP contribution in [0.25, 0.3) is 10.9 Å². The number of carbonyl (C=O) groups is 2. The lowest BCUT2D eigenvalue weighted by molar-refractivity contribution is -0.119. The maximum Gasteiger partial charge on any atom is 0.339 e. The maximum atomic E-state index is 12.4. The molecule has 2 aromatic carbocycles. The molecule has 1 heterocycles. The molecule has 126 valence electrons. The lowest BCUT2D eigenvalue weighted by Crippen LogP contribution is -2.21. The van der Waals surface area contributed by atoms with Crippen molar-refractivity contribution in [2.45, 2.75) is 13.8 Å². The number of pyridine rings is 1. The molecule has 0 aliphatic carbocycles. The first kappa shape index (κ1) is 16.6. The van der Waals surface area contributed by atoms with E-state index in [-0.39, 0.29) is 12.5 Å². The normalized spacial score (nSPS) is 10.5. The Balaban J connectivity index is 1.71. The van der Waals surface area contributed by atoms with Crippen LogP contribution in [0.2, 0.25) is 0 Å². The second kappa shape index (κ2) is 7.13. The highest BCUT2D eigenvalue weighted by molar-refractivity contribution is 6.04. The number of nitrogens with zero attached hydrogens (tertiary/aromatic N) is 1. The van der Waals surface area contributed by atoms with Crippen molar-refractivity contribution in [2.24, 2.45) is 0 Å². The number of carbonyl (C=O) groups excluding carboxylic acids is 2. The Morgan fingerprint density at radius 2 is 1.76 bits per heavy atom. The van der Waals surface area contributed by atoms with Crippen molar-refractivity contribution in [2.75, 3.05) is 11.9 Å². The molecule has 0 spiro atoms. The van der Waals surface area contributed by atoms with Gasteiger partial charge in [0.25, 0.3) is 5.91 Å². The van der Waals surface area contributed by atoms with Gasteiger partial charge in [-0.05, 0) is 37.6 Å². The van der Waals surface area contributed by atoms with Gasteiger partial charge in [-0.25, -0.2) is 4.79 Å². The minimum absolute atomic E-state index is 0.344. The average molecular weight is 334 g/mol. The molecule has 0 bridgehead atoms. The van der Waals surface area contributed by atoms with Crippen LogP contribution < -0.4 is 5.32 Å². The van der Waals surface area contributed by atoms with Gasteiger partial charge in [-0.3, -0.25) is 9.78 Å². The average Bonchev–Trinajstić information content (AvgIpc) is 2.61. The van der Waals surface area contributed by atoms with Crippen molar-refractivity contribution in [3.05, 3.63) is 71.4 Å². The molecule has 3 aromatic rings. The van der Waals surface area contributed by atoms with Gasteiger partial charge in [-0.2, -0.15) is 0 Å². The molecule has 3 rings (SSSR count). The predicted octanol–water partition coefficient (Wildman–Crippen LogP) is 3.65. The van der Waals surface area contributed by atoms with Gasteiger partial charge in [0.1, 0.15) is 0 Å². The highest BCUT2D eigenvalue weighted by Gasteiger charge is 2.15. The number of anilines is 1. The number of hydrogen-bond acceptors (Lipinski definition) is 4. The van der Waals surface area contributed by atoms with Crippen LogP contribution in [0, 0.1) is 13.8 Å². The fraction of sp³-hybridized carbons (Fsp3) is 0.150. The number of hydrogen-bond donors (Lipinski definition) is 1. The zero-order valence-electron chi connectivity index (χ0n) is 14.1. The standard InChI is InChI=1S/C20H18N2O3/c1-13-7-3-5-9-17(13)22-19(23)12-25-20(24)16-11-14(2)21-18-10-6-4-8-15(16)18/h3-11H,12H2,1-2H3,(H,22,23). The van der Waals surface area contributed by atoms with E-state index < -0.39 is 5.97 Å². The molecule has 0 aliphatic rings. The Labute approximate surface area is 145 Å². The molecular weight excluding hydrogens is 316 g/mol. The van der Waals surface area contributed by atoms with Gasteiger partial charge in [0.05, 0.1) is 11.1 Å². The van der Waals surface area contributed by atoms with E-state index in [4.69, 9.17) is 4.74 Å². The monoisotopic (exact) mass is 334 g/mol. The molecule has 0 aliphatic heterocycles. The largest absolute Gasteiger partial charge is 0.452 e. The fourth-order valence-electron chi connectivity index (χ4n) is 2.58. The topological polar surface area (TPSA) is 68.3 Å². The number of aromatic nitrogens is 1. The minimum Gasteiger partial charge on any atom is -0.452 e. The molecule has 0 saturated heterocycles. The molecule has 0 radical (unpaired) electrons. The number of esters is 1. The van der Waals surface area contributed by atoms with E-state index in [1.807, 2.05) is 56.3 Å². The number of amides is 1. The number of nitrogens with one attached hydrogen (secondary N) is 1. The summed E-state index contributed by atoms with van der Waals surface area (Å²) >= 11 is 0. The molecular formula is C20H18N2O3. The SMILES string of the molecule is Cc1cc(C(=O)OCC(=O)Nc2ccccc2C)c2ccccc2n1. The highest BCUT2D eigenvalue weighted by atomic mass is 16.5. The summed E-state index contributed by atoms with van der Waals surface area (Å²) in [6.07, 6.45) is 0. The first-order valence-electron chi connectivity index (χ1n) is 7.93. The Hall–Kier alpha value is -3.21. The lowest BCUT2D eigenvalue weighted by atomic mass is 10.1. The number of fused-ring (bicyclic) bond motifs is 1. The van der Waals surface area contributed by atoms with Gasteiger partial charge >= 0.3 is 5.97 Å². The molecule has 1 aromatic heterocycles. The first-order chi connectivity index (χ1) is 12.0. The van der Waals surface area contributed by atoms with Crippen molar-refractivity contribution in [1.29, 1.82) is 0 Å². The third kappa shape index (κ3) is 3.83. The number of aryl methyl sites for hydroxylation is 2. The van der Waals surface area contributed by atoms with Crippen molar-refractivity contribution in [3.63, 3.8) is 0 Å². The van der Waals surface area contributed by atoms with Crippen LogP contribution in [0.4, 0.5) is 5.69 Å². The zero-order chi connectivity index (χ0) is 17.8. The van der Waals surface area contributed by atoms with Crippen LogP contribution in [-0.2, 0) is 9.53 Å². The van der Waals surface area contributed by atoms with Gasteiger partial charge in [-0.15, -0.1) is 0 Å². The van der Waals surface area contributed by atoms with Gasteiger partial charge in [0.2, 0.25) is 0 Å². The van der Waals surface area contributed by atoms with Crippen LogP contribution in [0.5, 0.6) is 0 Å². The zero-order valence-corrected chi connectivity index (χ0v) is 14.1. The lowest BCUT2D eigenvalue weighted by Gasteiger charge is -2.10. The number of benzene rings is 2. The summed E-state index contributed by atoms with van der Waals surface area (Å²) in [5.74, 6) is -0.917. The molecule has 5 nitrogen and oxygen atoms in total. The van der Waals surface area contributed by atoms with Crippen molar-refractivity contribution < 1.29 is 14.3 Å². The van der Waals surface area contributed by atoms with E-state index in [9.17, 15) is 9.59 Å². The Kier molecular flexibility index (Phi) is 4.75. The third-order valence-electron chi connectivity index (χ3n) is 3.82. The summed E-state index contributed by atoms with van der Waals surface area (Å²) in [6.45, 7) is 3.37. The molecule has 0 saturated carbocycles. The molecule has 25 heavy (non-hydrogen) atoms. The quantitative estimate of drug-likeness (QED) is 0.740. The molecule has 0 fully saturated rings. The number of rotatable bonds is 4. The summed E-state index contributed by atoms with van der Waals surface area (Å²) in [4.78, 5) is 28.8. The molecule has 1 N–H and O–H groups in total. The van der Waals surface area contributed by atoms with Crippen LogP contribution in [0.1, 0.15) is 21.6 Å². The van der Waals surface area contributed by atoms with Crippen molar-refractivity contribution in [3.8, 4) is 0 Å². The smallest absolute Gasteiger partial charge is 0.339 e. The Bertz CT molecular complexity index is 951. The van der Waals surface area contributed by atoms with Crippen molar-refractivity contribution in [1.82, 2.24) is 4.98 Å². The Morgan fingerprint density at radius 1 is 1.04 bits per heavy atom. The van der Waals surface area contributed by atoms with Gasteiger partial charge < -0.3 is 10.1 Å². The summed E-state index contributed by atoms with van der Waals surface area (Å²) in [5, 5.41) is 3.44. The van der Waals surface area contributed by atoms with E-state index in [0.29, 0.717) is 16.6 Å². The van der Waals surface area contributed by atoms with Gasteiger partial charge in [-0.1, -0.05) is 36.4 Å². The molecule has 0 atom stereocenters. The molecule has 5 heteroatoms. The minimum atomic E-state index is -0.540. The summed E-state index contributed by atoms with van der Waals surface area (Å²) < 4.78 is 5.19. The summed E-state index contributed by atoms with van der Waals surface area (Å²) in [6, 6.07) is 16.4. The van der Waals surface area contributed by atoms with Crippen LogP contribution >= 0.6 is 0 Å². The van der Waals surface area contributed by atoms with Crippen molar-refractivity contribution >= 4 is 28.5 Å². The van der Waals surface area contributed by atoms with Crippen LogP contribution in [0.3, 0.4) is 0 Å². The van der Waals surface area contributed by atoms with Crippen LogP contribution in [0.15, 0.2) is 54.6 Å². The number of para-hydroxylation sites is 2. The maximum absolute atomic E-state index is 12.4. The van der Waals surface area contributed by atoms with Crippen LogP contribution in [-0.4, -0.2) is 23.5 Å². The highest BCUT2D eigenvalue weighted by Crippen LogP contribution is 2.19. The fourth-order valence-corrected chi connectivity index (χ4v) is 2.58. The van der Waals surface area contributed by atoms with Gasteiger partial charge in [0.15, 0.2) is 6.61 Å². The number of ether oxygens (including phenoxy) is 1. The summed E-state index contributed by atoms with van der Waals surface area (Å²) in [7, 11) is 0. The predicted molar refractivity (Wildman–Crippen MR) is 96.6 cm³/mol. The van der Waals surface area contributed by atoms with E-state index >= 15 is 0 Å². The second-order valence-corrected chi connectivity index (χ2v) is 5.77. The third-order valence-corrected chi connectivity index (χ3v) is 3.82. The molecule has 1 amide bonds. The van der Waals surface area contributed by atoms with E-state index in [1.165, 1.54) is 0 Å². The Morgan fingerprint density at radius 3 is 2.56 bits per heavy atom. The van der Waals surface area contributed by atoms with E-state index in [1.54, 1.807) is 12.1 Å². The summed E-state index contributed by atoms with van der Waals surface area (Å²) in [5.41, 5.74) is 3.49. The molecule has 0 unspecified atom stereocenters. The van der Waals surface area contributed by atoms with E-state index in [2.05, 4.69) is 10.3 Å². The first-order valence-corrected chi connectivity index (χ1v) is 7.93. The second-order valence-electron chi connectivity index (χ2n) is 5.77. The van der Waals surface area contributed by atoms with E-state index in [0.717, 1.165) is 16.8 Å². The van der Waals surface area contributed by atoms with Gasteiger partial charge in [0, 0.05) is 16.8 Å².